The topological polar surface area (TPSA) is 43.6 Å². The third kappa shape index (κ3) is 3.17. The summed E-state index contributed by atoms with van der Waals surface area (Å²) in [5, 5.41) is 13.9. The van der Waals surface area contributed by atoms with Crippen LogP contribution in [-0.2, 0) is 0 Å². The van der Waals surface area contributed by atoms with Gasteiger partial charge in [-0.15, -0.1) is 5.10 Å². The van der Waals surface area contributed by atoms with Gasteiger partial charge in [0.1, 0.15) is 0 Å². The molecule has 1 aromatic heterocycles. The predicted molar refractivity (Wildman–Crippen MR) is 79.8 cm³/mol. The van der Waals surface area contributed by atoms with Crippen LogP contribution < -0.4 is 0 Å². The van der Waals surface area contributed by atoms with E-state index in [1.807, 2.05) is 4.68 Å². The van der Waals surface area contributed by atoms with Crippen molar-refractivity contribution >= 4 is 27.7 Å². The second-order valence-corrected chi connectivity index (χ2v) is 6.34. The smallest absolute Gasteiger partial charge is 0.209 e. The van der Waals surface area contributed by atoms with Gasteiger partial charge in [0.25, 0.3) is 0 Å². The van der Waals surface area contributed by atoms with Crippen molar-refractivity contribution < 1.29 is 0 Å². The van der Waals surface area contributed by atoms with Gasteiger partial charge in [0.15, 0.2) is 0 Å². The Morgan fingerprint density at radius 2 is 2.11 bits per heavy atom. The molecule has 1 aliphatic rings. The molecular weight excluding hydrogens is 324 g/mol. The summed E-state index contributed by atoms with van der Waals surface area (Å²) in [6.07, 6.45) is 2.41. The van der Waals surface area contributed by atoms with E-state index in [9.17, 15) is 0 Å². The average molecular weight is 339 g/mol. The number of tetrazole rings is 1. The van der Waals surface area contributed by atoms with Crippen LogP contribution in [0.25, 0.3) is 0 Å². The minimum absolute atomic E-state index is 0.482. The van der Waals surface area contributed by atoms with Gasteiger partial charge in [0, 0.05) is 17.0 Å². The van der Waals surface area contributed by atoms with Gasteiger partial charge in [-0.25, -0.2) is 4.68 Å². The lowest BCUT2D eigenvalue weighted by atomic mass is 10.0. The Bertz CT molecular complexity index is 526. The highest BCUT2D eigenvalue weighted by Gasteiger charge is 2.28. The zero-order chi connectivity index (χ0) is 13.1. The lowest BCUT2D eigenvalue weighted by Crippen LogP contribution is -2.05. The van der Waals surface area contributed by atoms with Gasteiger partial charge < -0.3 is 0 Å². The molecule has 1 unspecified atom stereocenters. The molecule has 1 saturated carbocycles. The lowest BCUT2D eigenvalue weighted by Gasteiger charge is -2.13. The van der Waals surface area contributed by atoms with Crippen molar-refractivity contribution in [1.29, 1.82) is 0 Å². The second kappa shape index (κ2) is 6.05. The van der Waals surface area contributed by atoms with Crippen LogP contribution in [0.4, 0.5) is 0 Å². The van der Waals surface area contributed by atoms with E-state index >= 15 is 0 Å². The fourth-order valence-corrected chi connectivity index (χ4v) is 3.94. The zero-order valence-corrected chi connectivity index (χ0v) is 12.8. The van der Waals surface area contributed by atoms with Gasteiger partial charge in [-0.05, 0) is 28.8 Å². The van der Waals surface area contributed by atoms with E-state index in [2.05, 4.69) is 61.8 Å². The van der Waals surface area contributed by atoms with Crippen molar-refractivity contribution in [3.8, 4) is 0 Å². The van der Waals surface area contributed by atoms with E-state index in [1.54, 1.807) is 11.8 Å². The second-order valence-electron chi connectivity index (χ2n) is 4.71. The summed E-state index contributed by atoms with van der Waals surface area (Å²) in [5.41, 5.74) is 1.36. The molecule has 19 heavy (non-hydrogen) atoms. The summed E-state index contributed by atoms with van der Waals surface area (Å²) in [5.74, 6) is 1.47. The third-order valence-electron chi connectivity index (χ3n) is 3.23. The standard InChI is InChI=1S/C13H15BrN4S/c14-8-11(10-4-2-1-3-5-10)9-19-13-15-16-17-18(13)12-6-7-12/h1-5,11-12H,6-9H2. The van der Waals surface area contributed by atoms with Crippen LogP contribution in [0.3, 0.4) is 0 Å². The number of aromatic nitrogens is 4. The van der Waals surface area contributed by atoms with Crippen LogP contribution in [-0.4, -0.2) is 31.3 Å². The van der Waals surface area contributed by atoms with Crippen LogP contribution in [0.2, 0.25) is 0 Å². The first-order valence-electron chi connectivity index (χ1n) is 6.40. The molecule has 1 aromatic carbocycles. The zero-order valence-electron chi connectivity index (χ0n) is 10.4. The number of thioether (sulfide) groups is 1. The van der Waals surface area contributed by atoms with Crippen molar-refractivity contribution in [3.63, 3.8) is 0 Å². The molecule has 0 saturated heterocycles. The highest BCUT2D eigenvalue weighted by molar-refractivity contribution is 9.09. The molecule has 0 spiro atoms. The molecule has 100 valence electrons. The van der Waals surface area contributed by atoms with Crippen molar-refractivity contribution in [2.24, 2.45) is 0 Å². The number of benzene rings is 1. The Labute approximate surface area is 125 Å². The van der Waals surface area contributed by atoms with Gasteiger partial charge >= 0.3 is 0 Å². The highest BCUT2D eigenvalue weighted by atomic mass is 79.9. The maximum absolute atomic E-state index is 4.13. The maximum Gasteiger partial charge on any atom is 0.209 e. The largest absolute Gasteiger partial charge is 0.217 e. The highest BCUT2D eigenvalue weighted by Crippen LogP contribution is 2.37. The van der Waals surface area contributed by atoms with Gasteiger partial charge in [-0.2, -0.15) is 0 Å². The van der Waals surface area contributed by atoms with Gasteiger partial charge in [0.2, 0.25) is 5.16 Å². The van der Waals surface area contributed by atoms with Crippen LogP contribution in [0, 0.1) is 0 Å². The summed E-state index contributed by atoms with van der Waals surface area (Å²) < 4.78 is 1.97. The van der Waals surface area contributed by atoms with Crippen molar-refractivity contribution in [1.82, 2.24) is 20.2 Å². The first-order chi connectivity index (χ1) is 9.38. The van der Waals surface area contributed by atoms with Gasteiger partial charge in [-0.1, -0.05) is 58.0 Å². The fraction of sp³-hybridized carbons (Fsp3) is 0.462. The summed E-state index contributed by atoms with van der Waals surface area (Å²) >= 11 is 5.35. The first kappa shape index (κ1) is 13.1. The van der Waals surface area contributed by atoms with Crippen molar-refractivity contribution in [3.05, 3.63) is 35.9 Å². The molecule has 0 bridgehead atoms. The molecule has 6 heteroatoms. The van der Waals surface area contributed by atoms with Gasteiger partial charge in [-0.3, -0.25) is 0 Å². The van der Waals surface area contributed by atoms with Crippen molar-refractivity contribution in [2.75, 3.05) is 11.1 Å². The number of hydrogen-bond acceptors (Lipinski definition) is 4. The molecule has 1 fully saturated rings. The van der Waals surface area contributed by atoms with Crippen molar-refractivity contribution in [2.45, 2.75) is 30.0 Å². The Morgan fingerprint density at radius 3 is 2.79 bits per heavy atom. The molecule has 0 amide bonds. The Balaban J connectivity index is 1.65. The molecular formula is C13H15BrN4S. The molecule has 0 radical (unpaired) electrons. The first-order valence-corrected chi connectivity index (χ1v) is 8.50. The number of alkyl halides is 1. The average Bonchev–Trinajstić information content (AvgIpc) is 3.20. The minimum atomic E-state index is 0.482. The van der Waals surface area contributed by atoms with E-state index < -0.39 is 0 Å². The summed E-state index contributed by atoms with van der Waals surface area (Å²) in [6, 6.07) is 11.1. The number of rotatable bonds is 6. The lowest BCUT2D eigenvalue weighted by molar-refractivity contribution is 0.565. The van der Waals surface area contributed by atoms with Crippen LogP contribution in [0.1, 0.15) is 30.4 Å². The molecule has 3 rings (SSSR count). The Morgan fingerprint density at radius 1 is 1.32 bits per heavy atom. The number of halogens is 1. The van der Waals surface area contributed by atoms with Crippen LogP contribution in [0.15, 0.2) is 35.5 Å². The SMILES string of the molecule is BrCC(CSc1nnnn1C1CC1)c1ccccc1. The Kier molecular flexibility index (Phi) is 4.18. The Hall–Kier alpha value is -0.880. The maximum atomic E-state index is 4.13. The van der Waals surface area contributed by atoms with Crippen LogP contribution >= 0.6 is 27.7 Å². The predicted octanol–water partition coefficient (Wildman–Crippen LogP) is 3.28. The molecule has 0 aliphatic heterocycles. The summed E-state index contributed by atoms with van der Waals surface area (Å²) in [7, 11) is 0. The summed E-state index contributed by atoms with van der Waals surface area (Å²) in [4.78, 5) is 0. The van der Waals surface area contributed by atoms with E-state index in [-0.39, 0.29) is 0 Å². The van der Waals surface area contributed by atoms with E-state index in [0.29, 0.717) is 12.0 Å². The third-order valence-corrected chi connectivity index (χ3v) is 5.10. The van der Waals surface area contributed by atoms with E-state index in [1.165, 1.54) is 18.4 Å². The van der Waals surface area contributed by atoms with E-state index in [4.69, 9.17) is 0 Å². The molecule has 4 nitrogen and oxygen atoms in total. The molecule has 0 N–H and O–H groups in total. The molecule has 2 aromatic rings. The molecule has 1 heterocycles. The quantitative estimate of drug-likeness (QED) is 0.598. The van der Waals surface area contributed by atoms with Crippen LogP contribution in [0.5, 0.6) is 0 Å². The number of hydrogen-bond donors (Lipinski definition) is 0. The summed E-state index contributed by atoms with van der Waals surface area (Å²) in [6.45, 7) is 0. The molecule has 1 aliphatic carbocycles. The van der Waals surface area contributed by atoms with E-state index in [0.717, 1.165) is 16.2 Å². The monoisotopic (exact) mass is 338 g/mol. The molecule has 1 atom stereocenters. The fourth-order valence-electron chi connectivity index (χ4n) is 1.96. The minimum Gasteiger partial charge on any atom is -0.217 e. The normalized spacial score (nSPS) is 16.5. The van der Waals surface area contributed by atoms with Gasteiger partial charge in [0.05, 0.1) is 6.04 Å². The number of nitrogens with zero attached hydrogens (tertiary/aromatic N) is 4.